The molecule has 0 amide bonds. The van der Waals surface area contributed by atoms with E-state index < -0.39 is 0 Å². The van der Waals surface area contributed by atoms with E-state index in [0.29, 0.717) is 12.0 Å². The normalized spacial score (nSPS) is 22.0. The van der Waals surface area contributed by atoms with Crippen molar-refractivity contribution in [3.05, 3.63) is 27.7 Å². The van der Waals surface area contributed by atoms with Gasteiger partial charge in [-0.2, -0.15) is 5.10 Å². The summed E-state index contributed by atoms with van der Waals surface area (Å²) >= 11 is 1.99. The van der Waals surface area contributed by atoms with Crippen molar-refractivity contribution >= 4 is 11.3 Å². The summed E-state index contributed by atoms with van der Waals surface area (Å²) in [5.41, 5.74) is 1.40. The lowest BCUT2D eigenvalue weighted by atomic mass is 9.98. The molecule has 0 aromatic carbocycles. The largest absolute Gasteiger partial charge is 0.295 e. The van der Waals surface area contributed by atoms with E-state index in [9.17, 15) is 0 Å². The molecule has 2 aromatic rings. The zero-order valence-electron chi connectivity index (χ0n) is 14.7. The van der Waals surface area contributed by atoms with Crippen molar-refractivity contribution in [2.45, 2.75) is 70.9 Å². The fourth-order valence-electron chi connectivity index (χ4n) is 3.97. The number of aryl methyl sites for hydroxylation is 2. The molecule has 130 valence electrons. The molecule has 3 heterocycles. The third kappa shape index (κ3) is 3.26. The van der Waals surface area contributed by atoms with Crippen molar-refractivity contribution in [3.8, 4) is 0 Å². The van der Waals surface area contributed by atoms with Crippen molar-refractivity contribution < 1.29 is 0 Å². The second-order valence-electron chi connectivity index (χ2n) is 7.42. The molecule has 0 N–H and O–H groups in total. The summed E-state index contributed by atoms with van der Waals surface area (Å²) in [6, 6.07) is 0.369. The van der Waals surface area contributed by atoms with Crippen LogP contribution in [0.4, 0.5) is 0 Å². The lowest BCUT2D eigenvalue weighted by Crippen LogP contribution is -2.35. The van der Waals surface area contributed by atoms with Crippen molar-refractivity contribution in [2.75, 3.05) is 13.1 Å². The second-order valence-corrected chi connectivity index (χ2v) is 8.53. The van der Waals surface area contributed by atoms with Crippen LogP contribution >= 0.6 is 11.3 Å². The van der Waals surface area contributed by atoms with Gasteiger partial charge < -0.3 is 0 Å². The number of thiazole rings is 1. The average Bonchev–Trinajstić information content (AvgIpc) is 3.21. The first-order valence-corrected chi connectivity index (χ1v) is 10.1. The number of hydrogen-bond acceptors (Lipinski definition) is 5. The molecule has 2 aliphatic rings. The summed E-state index contributed by atoms with van der Waals surface area (Å²) in [5.74, 6) is 1.69. The van der Waals surface area contributed by atoms with Crippen LogP contribution in [-0.4, -0.2) is 37.7 Å². The predicted octanol–water partition coefficient (Wildman–Crippen LogP) is 3.57. The molecule has 1 atom stereocenters. The standard InChI is InChI=1S/C18H27N5S/c1-13(2)23-17(19-12-20-23)11-22-9-5-6-14(10-22)18-21-15-7-3-4-8-16(15)24-18/h12-14H,3-11H2,1-2H3/t14-/m1/s1. The first-order valence-electron chi connectivity index (χ1n) is 9.30. The molecule has 4 rings (SSSR count). The Balaban J connectivity index is 1.45. The minimum Gasteiger partial charge on any atom is -0.295 e. The summed E-state index contributed by atoms with van der Waals surface area (Å²) in [4.78, 5) is 13.6. The highest BCUT2D eigenvalue weighted by Gasteiger charge is 2.27. The zero-order chi connectivity index (χ0) is 16.5. The molecule has 0 bridgehead atoms. The predicted molar refractivity (Wildman–Crippen MR) is 96.4 cm³/mol. The molecular weight excluding hydrogens is 318 g/mol. The smallest absolute Gasteiger partial charge is 0.141 e. The Hall–Kier alpha value is -1.27. The second kappa shape index (κ2) is 6.92. The van der Waals surface area contributed by atoms with Gasteiger partial charge in [-0.25, -0.2) is 14.6 Å². The van der Waals surface area contributed by atoms with Gasteiger partial charge in [-0.1, -0.05) is 0 Å². The minimum absolute atomic E-state index is 0.369. The van der Waals surface area contributed by atoms with Crippen LogP contribution in [0.2, 0.25) is 0 Å². The first-order chi connectivity index (χ1) is 11.7. The van der Waals surface area contributed by atoms with Gasteiger partial charge >= 0.3 is 0 Å². The number of rotatable bonds is 4. The van der Waals surface area contributed by atoms with E-state index in [0.717, 1.165) is 25.5 Å². The molecule has 1 fully saturated rings. The minimum atomic E-state index is 0.369. The van der Waals surface area contributed by atoms with Crippen LogP contribution in [0.1, 0.15) is 72.9 Å². The molecule has 24 heavy (non-hydrogen) atoms. The molecule has 2 aromatic heterocycles. The lowest BCUT2D eigenvalue weighted by molar-refractivity contribution is 0.191. The lowest BCUT2D eigenvalue weighted by Gasteiger charge is -2.31. The van der Waals surface area contributed by atoms with Gasteiger partial charge in [-0.15, -0.1) is 11.3 Å². The van der Waals surface area contributed by atoms with E-state index >= 15 is 0 Å². The number of nitrogens with zero attached hydrogens (tertiary/aromatic N) is 5. The van der Waals surface area contributed by atoms with Crippen molar-refractivity contribution in [1.82, 2.24) is 24.6 Å². The fraction of sp³-hybridized carbons (Fsp3) is 0.722. The molecule has 0 radical (unpaired) electrons. The molecule has 6 heteroatoms. The van der Waals surface area contributed by atoms with Gasteiger partial charge in [0.05, 0.1) is 17.2 Å². The van der Waals surface area contributed by atoms with E-state index in [1.165, 1.54) is 49.2 Å². The van der Waals surface area contributed by atoms with Crippen LogP contribution < -0.4 is 0 Å². The van der Waals surface area contributed by atoms with E-state index in [-0.39, 0.29) is 0 Å². The summed E-state index contributed by atoms with van der Waals surface area (Å²) < 4.78 is 2.05. The molecule has 1 aliphatic heterocycles. The van der Waals surface area contributed by atoms with Gasteiger partial charge in [0.15, 0.2) is 0 Å². The Bertz CT molecular complexity index is 666. The Morgan fingerprint density at radius 2 is 2.12 bits per heavy atom. The van der Waals surface area contributed by atoms with E-state index in [4.69, 9.17) is 4.98 Å². The third-order valence-electron chi connectivity index (χ3n) is 5.22. The molecule has 0 saturated carbocycles. The van der Waals surface area contributed by atoms with Crippen LogP contribution in [0.5, 0.6) is 0 Å². The van der Waals surface area contributed by atoms with E-state index in [1.807, 2.05) is 16.0 Å². The van der Waals surface area contributed by atoms with Gasteiger partial charge in [0.1, 0.15) is 12.2 Å². The van der Waals surface area contributed by atoms with Gasteiger partial charge in [0.25, 0.3) is 0 Å². The summed E-state index contributed by atoms with van der Waals surface area (Å²) in [5, 5.41) is 5.76. The van der Waals surface area contributed by atoms with Gasteiger partial charge in [0, 0.05) is 23.4 Å². The summed E-state index contributed by atoms with van der Waals surface area (Å²) in [7, 11) is 0. The Morgan fingerprint density at radius 3 is 2.96 bits per heavy atom. The molecule has 0 unspecified atom stereocenters. The highest BCUT2D eigenvalue weighted by Crippen LogP contribution is 2.34. The van der Waals surface area contributed by atoms with Crippen molar-refractivity contribution in [3.63, 3.8) is 0 Å². The van der Waals surface area contributed by atoms with Crippen molar-refractivity contribution in [2.24, 2.45) is 0 Å². The third-order valence-corrected chi connectivity index (χ3v) is 6.54. The Morgan fingerprint density at radius 1 is 1.25 bits per heavy atom. The van der Waals surface area contributed by atoms with Crippen LogP contribution in [0.15, 0.2) is 6.33 Å². The first kappa shape index (κ1) is 16.2. The van der Waals surface area contributed by atoms with Gasteiger partial charge in [-0.05, 0) is 58.9 Å². The molecular formula is C18H27N5S. The van der Waals surface area contributed by atoms with Crippen LogP contribution in [-0.2, 0) is 19.4 Å². The number of fused-ring (bicyclic) bond motifs is 1. The molecule has 1 saturated heterocycles. The highest BCUT2D eigenvalue weighted by atomic mass is 32.1. The molecule has 0 spiro atoms. The molecule has 5 nitrogen and oxygen atoms in total. The number of piperidine rings is 1. The zero-order valence-corrected chi connectivity index (χ0v) is 15.6. The maximum absolute atomic E-state index is 5.01. The van der Waals surface area contributed by atoms with Crippen LogP contribution in [0.25, 0.3) is 0 Å². The highest BCUT2D eigenvalue weighted by molar-refractivity contribution is 7.11. The Labute approximate surface area is 148 Å². The monoisotopic (exact) mass is 345 g/mol. The average molecular weight is 346 g/mol. The fourth-order valence-corrected chi connectivity index (χ4v) is 5.25. The Kier molecular flexibility index (Phi) is 4.68. The van der Waals surface area contributed by atoms with E-state index in [2.05, 4.69) is 28.8 Å². The van der Waals surface area contributed by atoms with E-state index in [1.54, 1.807) is 11.2 Å². The maximum Gasteiger partial charge on any atom is 0.141 e. The summed E-state index contributed by atoms with van der Waals surface area (Å²) in [6.07, 6.45) is 9.32. The topological polar surface area (TPSA) is 46.8 Å². The SMILES string of the molecule is CC(C)n1ncnc1CN1CCC[C@@H](c2nc3c(s2)CCCC3)C1. The number of likely N-dealkylation sites (tertiary alicyclic amines) is 1. The van der Waals surface area contributed by atoms with Crippen molar-refractivity contribution in [1.29, 1.82) is 0 Å². The number of aromatic nitrogens is 4. The quantitative estimate of drug-likeness (QED) is 0.850. The molecule has 1 aliphatic carbocycles. The van der Waals surface area contributed by atoms with Crippen LogP contribution in [0, 0.1) is 0 Å². The number of hydrogen-bond donors (Lipinski definition) is 0. The van der Waals surface area contributed by atoms with Gasteiger partial charge in [-0.3, -0.25) is 4.90 Å². The van der Waals surface area contributed by atoms with Crippen LogP contribution in [0.3, 0.4) is 0 Å². The maximum atomic E-state index is 5.01. The van der Waals surface area contributed by atoms with Gasteiger partial charge in [0.2, 0.25) is 0 Å². The summed E-state index contributed by atoms with van der Waals surface area (Å²) in [6.45, 7) is 7.50.